The third-order valence-corrected chi connectivity index (χ3v) is 4.19. The summed E-state index contributed by atoms with van der Waals surface area (Å²) in [6.45, 7) is 0. The van der Waals surface area contributed by atoms with E-state index in [4.69, 9.17) is 23.2 Å². The number of hydrogen-bond acceptors (Lipinski definition) is 7. The van der Waals surface area contributed by atoms with E-state index in [9.17, 15) is 24.9 Å². The molecule has 0 aliphatic carbocycles. The first-order valence-corrected chi connectivity index (χ1v) is 7.77. The van der Waals surface area contributed by atoms with Crippen LogP contribution in [0.2, 0.25) is 10.0 Å². The average Bonchev–Trinajstić information content (AvgIpc) is 2.56. The van der Waals surface area contributed by atoms with Crippen molar-refractivity contribution >= 4 is 23.2 Å². The predicted molar refractivity (Wildman–Crippen MR) is 92.1 cm³/mol. The number of nitrogens with one attached hydrogen (secondary N) is 2. The quantitative estimate of drug-likeness (QED) is 0.449. The second kappa shape index (κ2) is 6.70. The van der Waals surface area contributed by atoms with Gasteiger partial charge in [-0.3, -0.25) is 9.59 Å². The summed E-state index contributed by atoms with van der Waals surface area (Å²) in [6.07, 6.45) is 1.91. The molecule has 0 radical (unpaired) electrons. The van der Waals surface area contributed by atoms with E-state index in [0.717, 1.165) is 12.7 Å². The lowest BCUT2D eigenvalue weighted by Gasteiger charge is -2.19. The lowest BCUT2D eigenvalue weighted by molar-refractivity contribution is 0.428. The maximum Gasteiger partial charge on any atom is 0.258 e. The van der Waals surface area contributed by atoms with Gasteiger partial charge in [0.1, 0.15) is 5.75 Å². The molecule has 0 aliphatic heterocycles. The molecule has 2 aromatic heterocycles. The highest BCUT2D eigenvalue weighted by Gasteiger charge is 2.32. The number of nitrogens with zero attached hydrogens (tertiary/aromatic N) is 2. The summed E-state index contributed by atoms with van der Waals surface area (Å²) in [5.41, 5.74) is -2.53. The lowest BCUT2D eigenvalue weighted by Crippen LogP contribution is -2.24. The molecule has 0 saturated carbocycles. The fourth-order valence-electron chi connectivity index (χ4n) is 2.58. The van der Waals surface area contributed by atoms with Gasteiger partial charge in [0, 0.05) is 10.6 Å². The van der Waals surface area contributed by atoms with Crippen molar-refractivity contribution in [2.75, 3.05) is 0 Å². The molecule has 0 amide bonds. The first-order chi connectivity index (χ1) is 12.3. The SMILES string of the molecule is O=c1[nH]cnc(O)c1C(c1cc(Cl)cc(Cl)c1O)c1c(O)nc[nH]c1=O. The van der Waals surface area contributed by atoms with Gasteiger partial charge in [-0.15, -0.1) is 0 Å². The van der Waals surface area contributed by atoms with Gasteiger partial charge in [0.15, 0.2) is 0 Å². The van der Waals surface area contributed by atoms with Gasteiger partial charge in [0.05, 0.1) is 34.7 Å². The Morgan fingerprint density at radius 3 is 1.85 bits per heavy atom. The highest BCUT2D eigenvalue weighted by molar-refractivity contribution is 6.35. The second-order valence-electron chi connectivity index (χ2n) is 5.20. The van der Waals surface area contributed by atoms with Crippen molar-refractivity contribution in [3.05, 3.63) is 72.2 Å². The van der Waals surface area contributed by atoms with Crippen LogP contribution in [0.5, 0.6) is 17.5 Å². The molecule has 1 aromatic carbocycles. The standard InChI is InChI=1S/C15H10Cl2N4O5/c16-5-1-6(11(22)7(17)2-5)8(9-12(23)18-3-19-13(9)24)10-14(25)20-4-21-15(10)26/h1-4,8,22H,(H2,18,19,23,24)(H2,20,21,25,26). The Balaban J connectivity index is 2.47. The maximum absolute atomic E-state index is 12.3. The predicted octanol–water partition coefficient (Wildman–Crippen LogP) is 1.46. The molecule has 9 nitrogen and oxygen atoms in total. The Morgan fingerprint density at radius 1 is 0.885 bits per heavy atom. The molecule has 0 aliphatic rings. The number of phenols is 1. The van der Waals surface area contributed by atoms with Crippen LogP contribution in [0.1, 0.15) is 22.6 Å². The number of benzene rings is 1. The van der Waals surface area contributed by atoms with Gasteiger partial charge in [-0.2, -0.15) is 0 Å². The number of phenolic OH excluding ortho intramolecular Hbond substituents is 1. The minimum atomic E-state index is -1.46. The van der Waals surface area contributed by atoms with Crippen molar-refractivity contribution in [2.24, 2.45) is 0 Å². The summed E-state index contributed by atoms with van der Waals surface area (Å²) >= 11 is 11.9. The minimum absolute atomic E-state index is 0.0902. The molecule has 134 valence electrons. The van der Waals surface area contributed by atoms with Crippen LogP contribution in [0.3, 0.4) is 0 Å². The normalized spacial score (nSPS) is 11.0. The van der Waals surface area contributed by atoms with Crippen LogP contribution in [-0.4, -0.2) is 35.3 Å². The largest absolute Gasteiger partial charge is 0.506 e. The fraction of sp³-hybridized carbons (Fsp3) is 0.0667. The molecule has 0 atom stereocenters. The molecule has 0 bridgehead atoms. The van der Waals surface area contributed by atoms with Crippen LogP contribution in [0.25, 0.3) is 0 Å². The molecule has 3 rings (SSSR count). The number of rotatable bonds is 3. The summed E-state index contributed by atoms with van der Waals surface area (Å²) in [7, 11) is 0. The van der Waals surface area contributed by atoms with Gasteiger partial charge in [-0.25, -0.2) is 9.97 Å². The molecule has 0 fully saturated rings. The van der Waals surface area contributed by atoms with E-state index in [1.807, 2.05) is 0 Å². The zero-order chi connectivity index (χ0) is 19.0. The van der Waals surface area contributed by atoms with Crippen LogP contribution < -0.4 is 11.1 Å². The fourth-order valence-corrected chi connectivity index (χ4v) is 3.09. The topological polar surface area (TPSA) is 152 Å². The van der Waals surface area contributed by atoms with Gasteiger partial charge < -0.3 is 25.3 Å². The summed E-state index contributed by atoms with van der Waals surface area (Å²) < 4.78 is 0. The van der Waals surface area contributed by atoms with E-state index < -0.39 is 45.7 Å². The molecule has 0 unspecified atom stereocenters. The zero-order valence-corrected chi connectivity index (χ0v) is 14.2. The summed E-state index contributed by atoms with van der Waals surface area (Å²) in [6, 6.07) is 2.49. The van der Waals surface area contributed by atoms with Crippen molar-refractivity contribution in [3.63, 3.8) is 0 Å². The Hall–Kier alpha value is -3.04. The molecular formula is C15H10Cl2N4O5. The van der Waals surface area contributed by atoms with Crippen LogP contribution in [0, 0.1) is 0 Å². The highest BCUT2D eigenvalue weighted by Crippen LogP contribution is 2.43. The number of aromatic hydroxyl groups is 3. The summed E-state index contributed by atoms with van der Waals surface area (Å²) in [4.78, 5) is 36.3. The monoisotopic (exact) mass is 396 g/mol. The molecule has 5 N–H and O–H groups in total. The van der Waals surface area contributed by atoms with E-state index in [-0.39, 0.29) is 15.6 Å². The van der Waals surface area contributed by atoms with Crippen molar-refractivity contribution in [1.82, 2.24) is 19.9 Å². The van der Waals surface area contributed by atoms with E-state index in [1.54, 1.807) is 0 Å². The third kappa shape index (κ3) is 2.98. The molecule has 0 spiro atoms. The Kier molecular flexibility index (Phi) is 4.58. The van der Waals surface area contributed by atoms with Crippen LogP contribution in [0.4, 0.5) is 0 Å². The van der Waals surface area contributed by atoms with Gasteiger partial charge in [0.25, 0.3) is 11.1 Å². The number of halogens is 2. The third-order valence-electron chi connectivity index (χ3n) is 3.68. The smallest absolute Gasteiger partial charge is 0.258 e. The van der Waals surface area contributed by atoms with Crippen molar-refractivity contribution in [3.8, 4) is 17.5 Å². The average molecular weight is 397 g/mol. The Labute approximate surface area is 154 Å². The highest BCUT2D eigenvalue weighted by atomic mass is 35.5. The first kappa shape index (κ1) is 17.8. The summed E-state index contributed by atoms with van der Waals surface area (Å²) in [5.74, 6) is -3.37. The van der Waals surface area contributed by atoms with E-state index >= 15 is 0 Å². The van der Waals surface area contributed by atoms with Crippen molar-refractivity contribution in [2.45, 2.75) is 5.92 Å². The van der Waals surface area contributed by atoms with Gasteiger partial charge >= 0.3 is 0 Å². The zero-order valence-electron chi connectivity index (χ0n) is 12.7. The van der Waals surface area contributed by atoms with Gasteiger partial charge in [-0.1, -0.05) is 23.2 Å². The number of hydrogen-bond donors (Lipinski definition) is 5. The van der Waals surface area contributed by atoms with Gasteiger partial charge in [0.2, 0.25) is 11.8 Å². The second-order valence-corrected chi connectivity index (χ2v) is 6.04. The maximum atomic E-state index is 12.3. The molecule has 2 heterocycles. The van der Waals surface area contributed by atoms with E-state index in [0.29, 0.717) is 0 Å². The molecular weight excluding hydrogens is 387 g/mol. The van der Waals surface area contributed by atoms with Gasteiger partial charge in [-0.05, 0) is 12.1 Å². The first-order valence-electron chi connectivity index (χ1n) is 7.02. The Morgan fingerprint density at radius 2 is 1.38 bits per heavy atom. The minimum Gasteiger partial charge on any atom is -0.506 e. The van der Waals surface area contributed by atoms with Crippen LogP contribution in [0.15, 0.2) is 34.4 Å². The molecule has 26 heavy (non-hydrogen) atoms. The molecule has 3 aromatic rings. The Bertz CT molecular complexity index is 1050. The van der Waals surface area contributed by atoms with Crippen molar-refractivity contribution < 1.29 is 15.3 Å². The van der Waals surface area contributed by atoms with E-state index in [2.05, 4.69) is 19.9 Å². The molecule has 11 heteroatoms. The van der Waals surface area contributed by atoms with Crippen molar-refractivity contribution in [1.29, 1.82) is 0 Å². The van der Waals surface area contributed by atoms with Crippen LogP contribution >= 0.6 is 23.2 Å². The summed E-state index contributed by atoms with van der Waals surface area (Å²) in [5, 5.41) is 30.5. The van der Waals surface area contributed by atoms with Crippen LogP contribution in [-0.2, 0) is 0 Å². The van der Waals surface area contributed by atoms with E-state index in [1.165, 1.54) is 12.1 Å². The number of aromatic nitrogens is 4. The number of aromatic amines is 2. The number of H-pyrrole nitrogens is 2. The molecule has 0 saturated heterocycles. The lowest BCUT2D eigenvalue weighted by atomic mass is 9.86.